The van der Waals surface area contributed by atoms with E-state index < -0.39 is 0 Å². The van der Waals surface area contributed by atoms with Crippen molar-refractivity contribution in [2.45, 2.75) is 0 Å². The Morgan fingerprint density at radius 1 is 1.25 bits per heavy atom. The Morgan fingerprint density at radius 2 is 2.05 bits per heavy atom. The Labute approximate surface area is 141 Å². The van der Waals surface area contributed by atoms with Crippen molar-refractivity contribution >= 4 is 71.5 Å². The average Bonchev–Trinajstić information content (AvgIpc) is 2.84. The quantitative estimate of drug-likeness (QED) is 0.573. The van der Waals surface area contributed by atoms with Crippen molar-refractivity contribution in [3.8, 4) is 10.7 Å². The summed E-state index contributed by atoms with van der Waals surface area (Å²) in [6.07, 6.45) is 0. The van der Waals surface area contributed by atoms with Crippen molar-refractivity contribution in [2.24, 2.45) is 0 Å². The third-order valence-corrected chi connectivity index (χ3v) is 5.18. The minimum atomic E-state index is 0.630. The zero-order valence-electron chi connectivity index (χ0n) is 10.2. The lowest BCUT2D eigenvalue weighted by atomic mass is 10.2. The Morgan fingerprint density at radius 3 is 2.70 bits per heavy atom. The van der Waals surface area contributed by atoms with Gasteiger partial charge in [-0.15, -0.1) is 11.3 Å². The molecule has 7 heteroatoms. The predicted octanol–water partition coefficient (Wildman–Crippen LogP) is 5.58. The summed E-state index contributed by atoms with van der Waals surface area (Å²) in [7, 11) is 1.84. The number of nitrogens with zero attached hydrogens (tertiary/aromatic N) is 2. The number of anilines is 1. The van der Waals surface area contributed by atoms with E-state index in [2.05, 4.69) is 47.1 Å². The molecule has 2 aromatic heterocycles. The maximum absolute atomic E-state index is 6.18. The van der Waals surface area contributed by atoms with E-state index >= 15 is 0 Å². The monoisotopic (exact) mass is 431 g/mol. The summed E-state index contributed by atoms with van der Waals surface area (Å²) in [5.41, 5.74) is 0.854. The SMILES string of the molecule is CNc1nc(-c2sccc2Cl)nc2c(Br)cc(Br)cc12. The van der Waals surface area contributed by atoms with E-state index in [1.165, 1.54) is 11.3 Å². The molecule has 0 saturated carbocycles. The summed E-state index contributed by atoms with van der Waals surface area (Å²) < 4.78 is 1.88. The van der Waals surface area contributed by atoms with E-state index in [-0.39, 0.29) is 0 Å². The number of thiophene rings is 1. The Hall–Kier alpha value is -0.690. The van der Waals surface area contributed by atoms with Crippen LogP contribution in [0.4, 0.5) is 5.82 Å². The first-order chi connectivity index (χ1) is 9.60. The van der Waals surface area contributed by atoms with Gasteiger partial charge >= 0.3 is 0 Å². The largest absolute Gasteiger partial charge is 0.373 e. The molecule has 3 nitrogen and oxygen atoms in total. The Kier molecular flexibility index (Phi) is 3.99. The maximum Gasteiger partial charge on any atom is 0.173 e. The lowest BCUT2D eigenvalue weighted by molar-refractivity contribution is 1.22. The van der Waals surface area contributed by atoms with Crippen molar-refractivity contribution in [2.75, 3.05) is 12.4 Å². The number of hydrogen-bond acceptors (Lipinski definition) is 4. The highest BCUT2D eigenvalue weighted by Crippen LogP contribution is 2.36. The van der Waals surface area contributed by atoms with Crippen LogP contribution in [0.25, 0.3) is 21.6 Å². The second kappa shape index (κ2) is 5.60. The van der Waals surface area contributed by atoms with Gasteiger partial charge in [0.25, 0.3) is 0 Å². The molecule has 1 N–H and O–H groups in total. The topological polar surface area (TPSA) is 37.8 Å². The van der Waals surface area contributed by atoms with Gasteiger partial charge in [0.15, 0.2) is 5.82 Å². The standard InChI is InChI=1S/C13H8Br2ClN3S/c1-17-12-7-4-6(14)5-8(15)10(7)18-13(19-12)11-9(16)2-3-20-11/h2-5H,1H3,(H,17,18,19). The fraction of sp³-hybridized carbons (Fsp3) is 0.0769. The first-order valence-electron chi connectivity index (χ1n) is 5.68. The fourth-order valence-electron chi connectivity index (χ4n) is 1.90. The highest BCUT2D eigenvalue weighted by molar-refractivity contribution is 9.11. The van der Waals surface area contributed by atoms with Gasteiger partial charge in [0.05, 0.1) is 15.4 Å². The third kappa shape index (κ3) is 2.45. The minimum absolute atomic E-state index is 0.630. The summed E-state index contributed by atoms with van der Waals surface area (Å²) in [4.78, 5) is 10.1. The fourth-order valence-corrected chi connectivity index (χ4v) is 4.29. The second-order valence-electron chi connectivity index (χ2n) is 4.03. The second-order valence-corrected chi connectivity index (χ2v) is 7.12. The lowest BCUT2D eigenvalue weighted by Gasteiger charge is -2.09. The first kappa shape index (κ1) is 14.3. The van der Waals surface area contributed by atoms with Crippen LogP contribution >= 0.6 is 54.8 Å². The molecule has 0 bridgehead atoms. The zero-order valence-corrected chi connectivity index (χ0v) is 15.0. The summed E-state index contributed by atoms with van der Waals surface area (Å²) in [6.45, 7) is 0. The zero-order chi connectivity index (χ0) is 14.3. The molecule has 3 rings (SSSR count). The summed E-state index contributed by atoms with van der Waals surface area (Å²) in [5.74, 6) is 1.40. The molecule has 0 spiro atoms. The van der Waals surface area contributed by atoms with Crippen LogP contribution in [0.5, 0.6) is 0 Å². The number of benzene rings is 1. The van der Waals surface area contributed by atoms with E-state index in [0.717, 1.165) is 30.5 Å². The van der Waals surface area contributed by atoms with Crippen LogP contribution in [0.3, 0.4) is 0 Å². The van der Waals surface area contributed by atoms with Crippen LogP contribution < -0.4 is 5.32 Å². The predicted molar refractivity (Wildman–Crippen MR) is 92.8 cm³/mol. The first-order valence-corrected chi connectivity index (χ1v) is 8.52. The van der Waals surface area contributed by atoms with Crippen molar-refractivity contribution in [1.29, 1.82) is 0 Å². The van der Waals surface area contributed by atoms with Crippen molar-refractivity contribution in [3.63, 3.8) is 0 Å². The molecule has 0 aliphatic rings. The maximum atomic E-state index is 6.18. The van der Waals surface area contributed by atoms with Crippen molar-refractivity contribution in [3.05, 3.63) is 37.5 Å². The van der Waals surface area contributed by atoms with Gasteiger partial charge in [0.1, 0.15) is 5.82 Å². The summed E-state index contributed by atoms with van der Waals surface area (Å²) in [6, 6.07) is 5.81. The molecule has 0 radical (unpaired) electrons. The number of fused-ring (bicyclic) bond motifs is 1. The molecule has 102 valence electrons. The van der Waals surface area contributed by atoms with Crippen LogP contribution in [0.2, 0.25) is 5.02 Å². The third-order valence-electron chi connectivity index (χ3n) is 2.78. The van der Waals surface area contributed by atoms with E-state index in [1.807, 2.05) is 30.6 Å². The number of hydrogen-bond donors (Lipinski definition) is 1. The molecule has 0 aliphatic carbocycles. The van der Waals surface area contributed by atoms with E-state index in [4.69, 9.17) is 11.6 Å². The summed E-state index contributed by atoms with van der Waals surface area (Å²) in [5, 5.41) is 6.67. The van der Waals surface area contributed by atoms with E-state index in [0.29, 0.717) is 10.8 Å². The molecule has 0 unspecified atom stereocenters. The van der Waals surface area contributed by atoms with Gasteiger partial charge in [-0.25, -0.2) is 9.97 Å². The molecule has 20 heavy (non-hydrogen) atoms. The number of nitrogens with one attached hydrogen (secondary N) is 1. The molecule has 0 atom stereocenters. The number of aromatic nitrogens is 2. The van der Waals surface area contributed by atoms with Gasteiger partial charge in [0.2, 0.25) is 0 Å². The van der Waals surface area contributed by atoms with Gasteiger partial charge < -0.3 is 5.32 Å². The van der Waals surface area contributed by atoms with E-state index in [9.17, 15) is 0 Å². The van der Waals surface area contributed by atoms with Crippen LogP contribution in [0, 0.1) is 0 Å². The molecular formula is C13H8Br2ClN3S. The van der Waals surface area contributed by atoms with Crippen LogP contribution in [0.15, 0.2) is 32.5 Å². The van der Waals surface area contributed by atoms with E-state index in [1.54, 1.807) is 0 Å². The molecule has 0 fully saturated rings. The highest BCUT2D eigenvalue weighted by Gasteiger charge is 2.14. The van der Waals surface area contributed by atoms with Gasteiger partial charge in [-0.2, -0.15) is 0 Å². The molecule has 0 amide bonds. The Bertz CT molecular complexity index is 804. The summed E-state index contributed by atoms with van der Waals surface area (Å²) >= 11 is 14.7. The molecule has 0 saturated heterocycles. The minimum Gasteiger partial charge on any atom is -0.373 e. The van der Waals surface area contributed by atoms with Gasteiger partial charge in [-0.1, -0.05) is 27.5 Å². The number of halogens is 3. The van der Waals surface area contributed by atoms with Gasteiger partial charge in [0, 0.05) is 21.4 Å². The molecule has 1 aromatic carbocycles. The van der Waals surface area contributed by atoms with Crippen molar-refractivity contribution in [1.82, 2.24) is 9.97 Å². The Balaban J connectivity index is 2.35. The van der Waals surface area contributed by atoms with Gasteiger partial charge in [-0.05, 0) is 39.5 Å². The molecule has 2 heterocycles. The highest BCUT2D eigenvalue weighted by atomic mass is 79.9. The van der Waals surface area contributed by atoms with Crippen LogP contribution in [-0.2, 0) is 0 Å². The lowest BCUT2D eigenvalue weighted by Crippen LogP contribution is -1.98. The van der Waals surface area contributed by atoms with Crippen LogP contribution in [-0.4, -0.2) is 17.0 Å². The molecule has 0 aliphatic heterocycles. The van der Waals surface area contributed by atoms with Crippen molar-refractivity contribution < 1.29 is 0 Å². The normalized spacial score (nSPS) is 11.0. The molecular weight excluding hydrogens is 425 g/mol. The van der Waals surface area contributed by atoms with Crippen LogP contribution in [0.1, 0.15) is 0 Å². The smallest absolute Gasteiger partial charge is 0.173 e. The molecule has 3 aromatic rings. The number of rotatable bonds is 2. The van der Waals surface area contributed by atoms with Gasteiger partial charge in [-0.3, -0.25) is 0 Å². The average molecular weight is 434 g/mol.